The molecule has 2 aromatic rings. The van der Waals surface area contributed by atoms with Gasteiger partial charge in [-0.3, -0.25) is 15.1 Å². The molecule has 1 aromatic heterocycles. The Morgan fingerprint density at radius 3 is 2.80 bits per heavy atom. The Bertz CT molecular complexity index is 690. The monoisotopic (exact) mass is 337 g/mol. The maximum Gasteiger partial charge on any atom is 0.336 e. The number of aromatic carboxylic acids is 1. The van der Waals surface area contributed by atoms with Gasteiger partial charge in [-0.15, -0.1) is 0 Å². The second-order valence-corrected chi connectivity index (χ2v) is 4.63. The van der Waals surface area contributed by atoms with Crippen LogP contribution in [0.5, 0.6) is 0 Å². The Kier molecular flexibility index (Phi) is 3.94. The summed E-state index contributed by atoms with van der Waals surface area (Å²) < 4.78 is 0.430. The van der Waals surface area contributed by atoms with E-state index < -0.39 is 10.9 Å². The van der Waals surface area contributed by atoms with Gasteiger partial charge in [0.1, 0.15) is 11.9 Å². The maximum atomic E-state index is 11.0. The number of carbonyl (C=O) groups is 1. The van der Waals surface area contributed by atoms with E-state index in [1.165, 1.54) is 18.3 Å². The van der Waals surface area contributed by atoms with Crippen LogP contribution in [-0.2, 0) is 0 Å². The lowest BCUT2D eigenvalue weighted by Gasteiger charge is -2.08. The average molecular weight is 338 g/mol. The molecule has 0 unspecified atom stereocenters. The number of rotatable bonds is 4. The van der Waals surface area contributed by atoms with Crippen LogP contribution in [0, 0.1) is 10.1 Å². The van der Waals surface area contributed by atoms with Gasteiger partial charge < -0.3 is 10.4 Å². The smallest absolute Gasteiger partial charge is 0.336 e. The summed E-state index contributed by atoms with van der Waals surface area (Å²) in [5, 5.41) is 22.7. The van der Waals surface area contributed by atoms with Gasteiger partial charge in [-0.25, -0.2) is 4.79 Å². The van der Waals surface area contributed by atoms with Crippen molar-refractivity contribution in [3.05, 3.63) is 56.8 Å². The molecule has 0 saturated heterocycles. The molecule has 0 spiro atoms. The molecule has 0 aliphatic heterocycles. The molecule has 0 radical (unpaired) electrons. The Labute approximate surface area is 121 Å². The SMILES string of the molecule is O=C(O)c1cc(Nc2ccncc2[N+](=O)[O-])ccc1Br. The van der Waals surface area contributed by atoms with E-state index in [1.54, 1.807) is 12.1 Å². The van der Waals surface area contributed by atoms with E-state index in [0.717, 1.165) is 6.20 Å². The Balaban J connectivity index is 2.38. The quantitative estimate of drug-likeness (QED) is 0.655. The molecule has 0 amide bonds. The van der Waals surface area contributed by atoms with Crippen LogP contribution in [0.3, 0.4) is 0 Å². The molecule has 0 atom stereocenters. The molecule has 1 aromatic carbocycles. The third-order valence-corrected chi connectivity index (χ3v) is 3.16. The van der Waals surface area contributed by atoms with E-state index in [9.17, 15) is 14.9 Å². The summed E-state index contributed by atoms with van der Waals surface area (Å²) in [6, 6.07) is 6.00. The number of carboxylic acids is 1. The summed E-state index contributed by atoms with van der Waals surface area (Å²) in [5.41, 5.74) is 0.544. The molecule has 7 nitrogen and oxygen atoms in total. The van der Waals surface area contributed by atoms with Crippen LogP contribution in [0.25, 0.3) is 0 Å². The highest BCUT2D eigenvalue weighted by Gasteiger charge is 2.15. The van der Waals surface area contributed by atoms with Gasteiger partial charge in [0, 0.05) is 16.4 Å². The average Bonchev–Trinajstić information content (AvgIpc) is 2.41. The third-order valence-electron chi connectivity index (χ3n) is 2.47. The number of carboxylic acid groups (broad SMARTS) is 1. The number of nitrogens with one attached hydrogen (secondary N) is 1. The fourth-order valence-corrected chi connectivity index (χ4v) is 1.98. The predicted octanol–water partition coefficient (Wildman–Crippen LogP) is 3.19. The summed E-state index contributed by atoms with van der Waals surface area (Å²) in [7, 11) is 0. The van der Waals surface area contributed by atoms with Crippen molar-refractivity contribution >= 4 is 39.0 Å². The van der Waals surface area contributed by atoms with Crippen molar-refractivity contribution in [2.24, 2.45) is 0 Å². The lowest BCUT2D eigenvalue weighted by Crippen LogP contribution is -2.01. The first-order chi connectivity index (χ1) is 9.49. The molecule has 0 bridgehead atoms. The number of pyridine rings is 1. The number of nitrogens with zero attached hydrogens (tertiary/aromatic N) is 2. The minimum atomic E-state index is -1.09. The molecule has 2 N–H and O–H groups in total. The highest BCUT2D eigenvalue weighted by atomic mass is 79.9. The van der Waals surface area contributed by atoms with Gasteiger partial charge in [-0.1, -0.05) is 0 Å². The minimum absolute atomic E-state index is 0.0618. The van der Waals surface area contributed by atoms with Crippen LogP contribution >= 0.6 is 15.9 Å². The van der Waals surface area contributed by atoms with Gasteiger partial charge >= 0.3 is 11.7 Å². The van der Waals surface area contributed by atoms with Crippen molar-refractivity contribution in [1.29, 1.82) is 0 Å². The zero-order valence-electron chi connectivity index (χ0n) is 9.91. The number of aromatic nitrogens is 1. The van der Waals surface area contributed by atoms with Gasteiger partial charge in [-0.2, -0.15) is 0 Å². The fraction of sp³-hybridized carbons (Fsp3) is 0. The Morgan fingerprint density at radius 2 is 2.15 bits per heavy atom. The van der Waals surface area contributed by atoms with E-state index in [4.69, 9.17) is 5.11 Å². The minimum Gasteiger partial charge on any atom is -0.478 e. The normalized spacial score (nSPS) is 10.1. The zero-order chi connectivity index (χ0) is 14.7. The third kappa shape index (κ3) is 2.91. The van der Waals surface area contributed by atoms with Crippen LogP contribution in [0.4, 0.5) is 17.1 Å². The first kappa shape index (κ1) is 13.9. The molecule has 0 aliphatic rings. The van der Waals surface area contributed by atoms with Crippen molar-refractivity contribution < 1.29 is 14.8 Å². The fourth-order valence-electron chi connectivity index (χ4n) is 1.56. The van der Waals surface area contributed by atoms with Crippen LogP contribution in [-0.4, -0.2) is 21.0 Å². The zero-order valence-corrected chi connectivity index (χ0v) is 11.5. The van der Waals surface area contributed by atoms with Crippen molar-refractivity contribution in [2.75, 3.05) is 5.32 Å². The van der Waals surface area contributed by atoms with Crippen LogP contribution in [0.2, 0.25) is 0 Å². The second-order valence-electron chi connectivity index (χ2n) is 3.77. The molecular weight excluding hydrogens is 330 g/mol. The van der Waals surface area contributed by atoms with E-state index >= 15 is 0 Å². The molecule has 2 rings (SSSR count). The molecular formula is C12H8BrN3O4. The van der Waals surface area contributed by atoms with Crippen LogP contribution in [0.1, 0.15) is 10.4 Å². The van der Waals surface area contributed by atoms with E-state index in [1.807, 2.05) is 0 Å². The van der Waals surface area contributed by atoms with Gasteiger partial charge in [-0.05, 0) is 40.2 Å². The predicted molar refractivity (Wildman–Crippen MR) is 75.3 cm³/mol. The molecule has 1 heterocycles. The number of hydrogen-bond donors (Lipinski definition) is 2. The van der Waals surface area contributed by atoms with Crippen LogP contribution < -0.4 is 5.32 Å². The summed E-state index contributed by atoms with van der Waals surface area (Å²) in [6.07, 6.45) is 2.53. The van der Waals surface area contributed by atoms with E-state index in [0.29, 0.717) is 10.2 Å². The van der Waals surface area contributed by atoms with Gasteiger partial charge in [0.2, 0.25) is 0 Å². The largest absolute Gasteiger partial charge is 0.478 e. The molecule has 8 heteroatoms. The first-order valence-electron chi connectivity index (χ1n) is 5.37. The molecule has 0 saturated carbocycles. The Morgan fingerprint density at radius 1 is 1.40 bits per heavy atom. The molecule has 102 valence electrons. The molecule has 0 aliphatic carbocycles. The maximum absolute atomic E-state index is 11.0. The van der Waals surface area contributed by atoms with Crippen molar-refractivity contribution in [3.8, 4) is 0 Å². The lowest BCUT2D eigenvalue weighted by atomic mass is 10.2. The molecule has 0 fully saturated rings. The lowest BCUT2D eigenvalue weighted by molar-refractivity contribution is -0.384. The van der Waals surface area contributed by atoms with Gasteiger partial charge in [0.05, 0.1) is 10.5 Å². The number of hydrogen-bond acceptors (Lipinski definition) is 5. The standard InChI is InChI=1S/C12H8BrN3O4/c13-9-2-1-7(5-8(9)12(17)18)15-10-3-4-14-6-11(10)16(19)20/h1-6H,(H,14,15)(H,17,18). The van der Waals surface area contributed by atoms with Crippen molar-refractivity contribution in [1.82, 2.24) is 4.98 Å². The Hall–Kier alpha value is -2.48. The van der Waals surface area contributed by atoms with E-state index in [-0.39, 0.29) is 16.9 Å². The van der Waals surface area contributed by atoms with Gasteiger partial charge in [0.15, 0.2) is 0 Å². The van der Waals surface area contributed by atoms with E-state index in [2.05, 4.69) is 26.2 Å². The highest BCUT2D eigenvalue weighted by Crippen LogP contribution is 2.28. The van der Waals surface area contributed by atoms with Crippen molar-refractivity contribution in [3.63, 3.8) is 0 Å². The first-order valence-corrected chi connectivity index (χ1v) is 6.16. The van der Waals surface area contributed by atoms with Crippen molar-refractivity contribution in [2.45, 2.75) is 0 Å². The van der Waals surface area contributed by atoms with Gasteiger partial charge in [0.25, 0.3) is 0 Å². The number of halogens is 1. The highest BCUT2D eigenvalue weighted by molar-refractivity contribution is 9.10. The number of nitro groups is 1. The van der Waals surface area contributed by atoms with Crippen LogP contribution in [0.15, 0.2) is 41.1 Å². The topological polar surface area (TPSA) is 105 Å². The second kappa shape index (κ2) is 5.66. The number of anilines is 2. The molecule has 20 heavy (non-hydrogen) atoms. The summed E-state index contributed by atoms with van der Waals surface area (Å²) in [5.74, 6) is -1.09. The summed E-state index contributed by atoms with van der Waals surface area (Å²) >= 11 is 3.13. The number of benzene rings is 1. The summed E-state index contributed by atoms with van der Waals surface area (Å²) in [4.78, 5) is 25.0. The summed E-state index contributed by atoms with van der Waals surface area (Å²) in [6.45, 7) is 0.